The molecule has 0 fully saturated rings. The third-order valence-electron chi connectivity index (χ3n) is 3.84. The first-order chi connectivity index (χ1) is 11.5. The van der Waals surface area contributed by atoms with E-state index in [0.717, 1.165) is 29.2 Å². The van der Waals surface area contributed by atoms with E-state index in [1.165, 1.54) is 6.07 Å². The van der Waals surface area contributed by atoms with Crippen LogP contribution in [-0.4, -0.2) is 10.5 Å². The highest BCUT2D eigenvalue weighted by Crippen LogP contribution is 2.19. The number of benzene rings is 2. The van der Waals surface area contributed by atoms with Gasteiger partial charge < -0.3 is 9.88 Å². The maximum atomic E-state index is 13.6. The average molecular weight is 326 g/mol. The SMILES string of the molecule is Cc1ccc(C)n1-c1ccc(C(=O)Nc2ccc(F)cc2F)cc1. The van der Waals surface area contributed by atoms with Gasteiger partial charge in [0.15, 0.2) is 0 Å². The van der Waals surface area contributed by atoms with Crippen LogP contribution < -0.4 is 5.32 Å². The number of amides is 1. The Hall–Kier alpha value is -2.95. The largest absolute Gasteiger partial charge is 0.319 e. The van der Waals surface area contributed by atoms with Crippen molar-refractivity contribution >= 4 is 11.6 Å². The molecule has 3 rings (SSSR count). The average Bonchev–Trinajstić information content (AvgIpc) is 2.89. The highest BCUT2D eigenvalue weighted by Gasteiger charge is 2.11. The van der Waals surface area contributed by atoms with Gasteiger partial charge in [-0.2, -0.15) is 0 Å². The van der Waals surface area contributed by atoms with Crippen LogP contribution in [0.2, 0.25) is 0 Å². The maximum Gasteiger partial charge on any atom is 0.255 e. The molecule has 0 unspecified atom stereocenters. The number of hydrogen-bond donors (Lipinski definition) is 1. The molecule has 5 heteroatoms. The van der Waals surface area contributed by atoms with Crippen molar-refractivity contribution in [1.29, 1.82) is 0 Å². The van der Waals surface area contributed by atoms with E-state index < -0.39 is 17.5 Å². The Kier molecular flexibility index (Phi) is 4.16. The molecule has 0 aliphatic heterocycles. The Balaban J connectivity index is 1.81. The summed E-state index contributed by atoms with van der Waals surface area (Å²) in [5, 5.41) is 2.44. The second-order valence-electron chi connectivity index (χ2n) is 5.58. The predicted molar refractivity (Wildman–Crippen MR) is 89.6 cm³/mol. The second kappa shape index (κ2) is 6.28. The molecule has 122 valence electrons. The number of hydrogen-bond acceptors (Lipinski definition) is 1. The van der Waals surface area contributed by atoms with Crippen LogP contribution in [0.5, 0.6) is 0 Å². The standard InChI is InChI=1S/C19H16F2N2O/c1-12-3-4-13(2)23(12)16-8-5-14(6-9-16)19(24)22-18-10-7-15(20)11-17(18)21/h3-11H,1-2H3,(H,22,24). The van der Waals surface area contributed by atoms with Gasteiger partial charge in [0, 0.05) is 28.7 Å². The van der Waals surface area contributed by atoms with Crippen LogP contribution in [0.1, 0.15) is 21.7 Å². The van der Waals surface area contributed by atoms with E-state index in [-0.39, 0.29) is 5.69 Å². The number of halogens is 2. The number of rotatable bonds is 3. The molecule has 1 aromatic heterocycles. The summed E-state index contributed by atoms with van der Waals surface area (Å²) in [6, 6.07) is 14.1. The number of carbonyl (C=O) groups is 1. The molecule has 1 N–H and O–H groups in total. The molecule has 0 aliphatic carbocycles. The zero-order valence-electron chi connectivity index (χ0n) is 13.3. The third kappa shape index (κ3) is 3.06. The summed E-state index contributed by atoms with van der Waals surface area (Å²) in [5.74, 6) is -1.95. The van der Waals surface area contributed by atoms with Crippen molar-refractivity contribution in [3.05, 3.63) is 83.2 Å². The van der Waals surface area contributed by atoms with Gasteiger partial charge in [0.25, 0.3) is 5.91 Å². The highest BCUT2D eigenvalue weighted by atomic mass is 19.1. The van der Waals surface area contributed by atoms with Crippen LogP contribution in [0.15, 0.2) is 54.6 Å². The summed E-state index contributed by atoms with van der Waals surface area (Å²) in [7, 11) is 0. The molecule has 0 radical (unpaired) electrons. The molecule has 2 aromatic carbocycles. The zero-order valence-corrected chi connectivity index (χ0v) is 13.3. The molecule has 0 atom stereocenters. The Labute approximate surface area is 138 Å². The maximum absolute atomic E-state index is 13.6. The number of nitrogens with zero attached hydrogens (tertiary/aromatic N) is 1. The smallest absolute Gasteiger partial charge is 0.255 e. The minimum Gasteiger partial charge on any atom is -0.319 e. The predicted octanol–water partition coefficient (Wildman–Crippen LogP) is 4.62. The van der Waals surface area contributed by atoms with Crippen LogP contribution in [0.3, 0.4) is 0 Å². The van der Waals surface area contributed by atoms with Crippen molar-refractivity contribution in [2.45, 2.75) is 13.8 Å². The minimum atomic E-state index is -0.807. The lowest BCUT2D eigenvalue weighted by Gasteiger charge is -2.11. The second-order valence-corrected chi connectivity index (χ2v) is 5.58. The quantitative estimate of drug-likeness (QED) is 0.748. The van der Waals surface area contributed by atoms with Gasteiger partial charge in [-0.15, -0.1) is 0 Å². The Morgan fingerprint density at radius 3 is 2.12 bits per heavy atom. The normalized spacial score (nSPS) is 10.7. The van der Waals surface area contributed by atoms with Gasteiger partial charge in [0.2, 0.25) is 0 Å². The van der Waals surface area contributed by atoms with Crippen molar-refractivity contribution < 1.29 is 13.6 Å². The number of aryl methyl sites for hydroxylation is 2. The Morgan fingerprint density at radius 2 is 1.54 bits per heavy atom. The van der Waals surface area contributed by atoms with Crippen LogP contribution in [0.4, 0.5) is 14.5 Å². The highest BCUT2D eigenvalue weighted by molar-refractivity contribution is 6.04. The van der Waals surface area contributed by atoms with Crippen molar-refractivity contribution in [2.24, 2.45) is 0 Å². The van der Waals surface area contributed by atoms with Gasteiger partial charge >= 0.3 is 0 Å². The Bertz CT molecular complexity index is 879. The van der Waals surface area contributed by atoms with E-state index in [2.05, 4.69) is 9.88 Å². The van der Waals surface area contributed by atoms with Crippen LogP contribution in [0, 0.1) is 25.5 Å². The molecule has 1 amide bonds. The first-order valence-electron chi connectivity index (χ1n) is 7.47. The van der Waals surface area contributed by atoms with E-state index in [4.69, 9.17) is 0 Å². The summed E-state index contributed by atoms with van der Waals surface area (Å²) < 4.78 is 28.6. The fraction of sp³-hybridized carbons (Fsp3) is 0.105. The lowest BCUT2D eigenvalue weighted by molar-refractivity contribution is 0.102. The third-order valence-corrected chi connectivity index (χ3v) is 3.84. The van der Waals surface area contributed by atoms with Crippen molar-refractivity contribution in [3.8, 4) is 5.69 Å². The van der Waals surface area contributed by atoms with E-state index in [1.807, 2.05) is 38.1 Å². The van der Waals surface area contributed by atoms with Gasteiger partial charge in [0.1, 0.15) is 11.6 Å². The molecule has 1 heterocycles. The van der Waals surface area contributed by atoms with Gasteiger partial charge in [-0.1, -0.05) is 0 Å². The van der Waals surface area contributed by atoms with E-state index >= 15 is 0 Å². The lowest BCUT2D eigenvalue weighted by Crippen LogP contribution is -2.13. The van der Waals surface area contributed by atoms with Gasteiger partial charge in [-0.05, 0) is 62.4 Å². The van der Waals surface area contributed by atoms with Crippen LogP contribution in [0.25, 0.3) is 5.69 Å². The first kappa shape index (κ1) is 15.9. The van der Waals surface area contributed by atoms with Crippen molar-refractivity contribution in [1.82, 2.24) is 4.57 Å². The molecule has 0 aliphatic rings. The minimum absolute atomic E-state index is 0.0532. The van der Waals surface area contributed by atoms with Crippen molar-refractivity contribution in [2.75, 3.05) is 5.32 Å². The van der Waals surface area contributed by atoms with Crippen LogP contribution in [-0.2, 0) is 0 Å². The molecule has 0 saturated carbocycles. The van der Waals surface area contributed by atoms with Gasteiger partial charge in [-0.25, -0.2) is 8.78 Å². The summed E-state index contributed by atoms with van der Waals surface area (Å²) >= 11 is 0. The van der Waals surface area contributed by atoms with Gasteiger partial charge in [0.05, 0.1) is 5.69 Å². The summed E-state index contributed by atoms with van der Waals surface area (Å²) in [5.41, 5.74) is 3.48. The first-order valence-corrected chi connectivity index (χ1v) is 7.47. The van der Waals surface area contributed by atoms with Gasteiger partial charge in [-0.3, -0.25) is 4.79 Å². The lowest BCUT2D eigenvalue weighted by atomic mass is 10.1. The van der Waals surface area contributed by atoms with E-state index in [1.54, 1.807) is 12.1 Å². The molecule has 3 aromatic rings. The molecule has 3 nitrogen and oxygen atoms in total. The molecular weight excluding hydrogens is 310 g/mol. The van der Waals surface area contributed by atoms with E-state index in [9.17, 15) is 13.6 Å². The molecule has 24 heavy (non-hydrogen) atoms. The number of nitrogens with one attached hydrogen (secondary N) is 1. The van der Waals surface area contributed by atoms with Crippen LogP contribution >= 0.6 is 0 Å². The zero-order chi connectivity index (χ0) is 17.3. The molecule has 0 spiro atoms. The molecular formula is C19H16F2N2O. The Morgan fingerprint density at radius 1 is 0.917 bits per heavy atom. The molecule has 0 bridgehead atoms. The summed E-state index contributed by atoms with van der Waals surface area (Å²) in [6.45, 7) is 4.01. The number of carbonyl (C=O) groups excluding carboxylic acids is 1. The fourth-order valence-corrected chi connectivity index (χ4v) is 2.62. The topological polar surface area (TPSA) is 34.0 Å². The van der Waals surface area contributed by atoms with Crippen molar-refractivity contribution in [3.63, 3.8) is 0 Å². The van der Waals surface area contributed by atoms with E-state index in [0.29, 0.717) is 5.56 Å². The molecule has 0 saturated heterocycles. The summed E-state index contributed by atoms with van der Waals surface area (Å²) in [6.07, 6.45) is 0. The number of anilines is 1. The fourth-order valence-electron chi connectivity index (χ4n) is 2.62. The number of aromatic nitrogens is 1. The summed E-state index contributed by atoms with van der Waals surface area (Å²) in [4.78, 5) is 12.2. The monoisotopic (exact) mass is 326 g/mol.